The maximum Gasteiger partial charge on any atom is 0.226 e. The molecule has 1 aromatic carbocycles. The first-order valence-corrected chi connectivity index (χ1v) is 10.8. The Morgan fingerprint density at radius 1 is 1.23 bits per heavy atom. The van der Waals surface area contributed by atoms with Crippen molar-refractivity contribution in [1.82, 2.24) is 4.90 Å². The lowest BCUT2D eigenvalue weighted by Gasteiger charge is -2.23. The van der Waals surface area contributed by atoms with Gasteiger partial charge in [0.05, 0.1) is 6.04 Å². The molecular formula is C21H31N3OS. The van der Waals surface area contributed by atoms with Crippen molar-refractivity contribution in [3.05, 3.63) is 29.8 Å². The molecule has 1 heterocycles. The molecule has 1 unspecified atom stereocenters. The Balaban J connectivity index is 1.52. The number of aliphatic imine (C=N–C) groups is 1. The Bertz CT molecular complexity index is 635. The molecule has 1 aromatic rings. The van der Waals surface area contributed by atoms with Gasteiger partial charge < -0.3 is 10.2 Å². The number of hydrogen-bond acceptors (Lipinski definition) is 3. The molecule has 5 heteroatoms. The minimum absolute atomic E-state index is 0.0821. The summed E-state index contributed by atoms with van der Waals surface area (Å²) in [4.78, 5) is 19.6. The summed E-state index contributed by atoms with van der Waals surface area (Å²) in [6, 6.07) is 8.89. The van der Waals surface area contributed by atoms with Gasteiger partial charge in [0.15, 0.2) is 5.17 Å². The Morgan fingerprint density at radius 3 is 2.58 bits per heavy atom. The fourth-order valence-corrected chi connectivity index (χ4v) is 4.87. The summed E-state index contributed by atoms with van der Waals surface area (Å²) in [6.07, 6.45) is 6.91. The maximum absolute atomic E-state index is 12.4. The summed E-state index contributed by atoms with van der Waals surface area (Å²) >= 11 is 1.80. The maximum atomic E-state index is 12.4. The van der Waals surface area contributed by atoms with Crippen molar-refractivity contribution in [3.8, 4) is 0 Å². The van der Waals surface area contributed by atoms with E-state index in [2.05, 4.69) is 43.2 Å². The van der Waals surface area contributed by atoms with Crippen LogP contribution < -0.4 is 5.32 Å². The van der Waals surface area contributed by atoms with Gasteiger partial charge in [0, 0.05) is 31.0 Å². The van der Waals surface area contributed by atoms with Crippen LogP contribution in [0.2, 0.25) is 0 Å². The van der Waals surface area contributed by atoms with Crippen LogP contribution in [0.5, 0.6) is 0 Å². The van der Waals surface area contributed by atoms with Crippen LogP contribution in [0.3, 0.4) is 0 Å². The van der Waals surface area contributed by atoms with Gasteiger partial charge in [-0.2, -0.15) is 0 Å². The van der Waals surface area contributed by atoms with E-state index in [1.807, 2.05) is 12.1 Å². The number of carbonyl (C=O) groups is 1. The number of benzene rings is 1. The van der Waals surface area contributed by atoms with Crippen molar-refractivity contribution in [2.24, 2.45) is 4.99 Å². The summed E-state index contributed by atoms with van der Waals surface area (Å²) in [6.45, 7) is 4.35. The molecule has 0 bridgehead atoms. The minimum atomic E-state index is 0.0821. The first-order valence-electron chi connectivity index (χ1n) is 9.86. The van der Waals surface area contributed by atoms with Crippen LogP contribution in [0.1, 0.15) is 63.9 Å². The standard InChI is InChI=1S/C21H31N3OS/c1-15(2)16-9-11-18(12-10-16)22-20(25)13-19-14-26-21(24(19)3)23-17-7-5-4-6-8-17/h9-12,15,17,19H,4-8,13-14H2,1-3H3,(H,22,25). The zero-order valence-electron chi connectivity index (χ0n) is 16.2. The van der Waals surface area contributed by atoms with E-state index >= 15 is 0 Å². The quantitative estimate of drug-likeness (QED) is 0.800. The van der Waals surface area contributed by atoms with Crippen molar-refractivity contribution in [1.29, 1.82) is 0 Å². The molecule has 1 saturated carbocycles. The number of hydrogen-bond donors (Lipinski definition) is 1. The van der Waals surface area contributed by atoms with Crippen molar-refractivity contribution < 1.29 is 4.79 Å². The summed E-state index contributed by atoms with van der Waals surface area (Å²) < 4.78 is 0. The van der Waals surface area contributed by atoms with E-state index < -0.39 is 0 Å². The third-order valence-electron chi connectivity index (χ3n) is 5.40. The molecule has 1 saturated heterocycles. The monoisotopic (exact) mass is 373 g/mol. The van der Waals surface area contributed by atoms with E-state index in [1.54, 1.807) is 11.8 Å². The number of amides is 1. The van der Waals surface area contributed by atoms with Gasteiger partial charge in [-0.05, 0) is 36.5 Å². The Labute approximate surface area is 161 Å². The van der Waals surface area contributed by atoms with Gasteiger partial charge in [-0.25, -0.2) is 0 Å². The zero-order valence-corrected chi connectivity index (χ0v) is 17.0. The number of carbonyl (C=O) groups excluding carboxylic acids is 1. The summed E-state index contributed by atoms with van der Waals surface area (Å²) in [7, 11) is 2.08. The van der Waals surface area contributed by atoms with E-state index in [0.717, 1.165) is 16.6 Å². The Morgan fingerprint density at radius 2 is 1.92 bits per heavy atom. The van der Waals surface area contributed by atoms with Crippen LogP contribution in [-0.2, 0) is 4.79 Å². The highest BCUT2D eigenvalue weighted by atomic mass is 32.2. The third kappa shape index (κ3) is 5.03. The van der Waals surface area contributed by atoms with Crippen molar-refractivity contribution in [3.63, 3.8) is 0 Å². The number of nitrogens with one attached hydrogen (secondary N) is 1. The van der Waals surface area contributed by atoms with Crippen LogP contribution in [0.25, 0.3) is 0 Å². The average molecular weight is 374 g/mol. The van der Waals surface area contributed by atoms with Crippen LogP contribution in [0.4, 0.5) is 5.69 Å². The minimum Gasteiger partial charge on any atom is -0.350 e. The molecule has 1 aliphatic carbocycles. The molecule has 0 radical (unpaired) electrons. The molecule has 1 N–H and O–H groups in total. The molecule has 3 rings (SSSR count). The normalized spacial score (nSPS) is 23.0. The molecule has 0 spiro atoms. The van der Waals surface area contributed by atoms with Gasteiger partial charge in [-0.1, -0.05) is 57.0 Å². The summed E-state index contributed by atoms with van der Waals surface area (Å²) in [5, 5.41) is 4.16. The third-order valence-corrected chi connectivity index (χ3v) is 6.61. The number of thioether (sulfide) groups is 1. The molecule has 1 amide bonds. The first kappa shape index (κ1) is 19.3. The predicted octanol–water partition coefficient (Wildman–Crippen LogP) is 4.87. The van der Waals surface area contributed by atoms with Gasteiger partial charge >= 0.3 is 0 Å². The smallest absolute Gasteiger partial charge is 0.226 e. The highest BCUT2D eigenvalue weighted by molar-refractivity contribution is 8.14. The van der Waals surface area contributed by atoms with Crippen LogP contribution in [-0.4, -0.2) is 40.9 Å². The predicted molar refractivity (Wildman–Crippen MR) is 112 cm³/mol. The number of nitrogens with zero attached hydrogens (tertiary/aromatic N) is 2. The van der Waals surface area contributed by atoms with Crippen LogP contribution >= 0.6 is 11.8 Å². The molecule has 142 valence electrons. The summed E-state index contributed by atoms with van der Waals surface area (Å²) in [5.74, 6) is 1.53. The zero-order chi connectivity index (χ0) is 18.5. The topological polar surface area (TPSA) is 44.7 Å². The highest BCUT2D eigenvalue weighted by Crippen LogP contribution is 2.28. The molecule has 2 fully saturated rings. The second-order valence-electron chi connectivity index (χ2n) is 7.81. The SMILES string of the molecule is CC(C)c1ccc(NC(=O)CC2CSC(=NC3CCCCC3)N2C)cc1. The second-order valence-corrected chi connectivity index (χ2v) is 8.80. The van der Waals surface area contributed by atoms with Crippen LogP contribution in [0.15, 0.2) is 29.3 Å². The van der Waals surface area contributed by atoms with Crippen molar-refractivity contribution in [2.45, 2.75) is 70.4 Å². The molecule has 2 aliphatic rings. The Hall–Kier alpha value is -1.49. The molecule has 1 aliphatic heterocycles. The lowest BCUT2D eigenvalue weighted by atomic mass is 9.96. The first-order chi connectivity index (χ1) is 12.5. The van der Waals surface area contributed by atoms with Crippen molar-refractivity contribution in [2.75, 3.05) is 18.1 Å². The Kier molecular flexibility index (Phi) is 6.63. The molecule has 1 atom stereocenters. The largest absolute Gasteiger partial charge is 0.350 e. The lowest BCUT2D eigenvalue weighted by molar-refractivity contribution is -0.116. The van der Waals surface area contributed by atoms with E-state index in [9.17, 15) is 4.79 Å². The molecule has 0 aromatic heterocycles. The van der Waals surface area contributed by atoms with Gasteiger partial charge in [0.25, 0.3) is 0 Å². The van der Waals surface area contributed by atoms with Crippen molar-refractivity contribution >= 4 is 28.5 Å². The summed E-state index contributed by atoms with van der Waals surface area (Å²) in [5.41, 5.74) is 2.17. The lowest BCUT2D eigenvalue weighted by Crippen LogP contribution is -2.34. The molecule has 26 heavy (non-hydrogen) atoms. The van der Waals surface area contributed by atoms with E-state index in [1.165, 1.54) is 37.7 Å². The van der Waals surface area contributed by atoms with Gasteiger partial charge in [0.1, 0.15) is 0 Å². The van der Waals surface area contributed by atoms with E-state index in [-0.39, 0.29) is 11.9 Å². The van der Waals surface area contributed by atoms with E-state index in [4.69, 9.17) is 4.99 Å². The van der Waals surface area contributed by atoms with Crippen LogP contribution in [0, 0.1) is 0 Å². The molecule has 4 nitrogen and oxygen atoms in total. The number of amidine groups is 1. The van der Waals surface area contributed by atoms with Gasteiger partial charge in [-0.3, -0.25) is 9.79 Å². The fourth-order valence-electron chi connectivity index (χ4n) is 3.61. The number of anilines is 1. The van der Waals surface area contributed by atoms with E-state index in [0.29, 0.717) is 18.4 Å². The van der Waals surface area contributed by atoms with Gasteiger partial charge in [-0.15, -0.1) is 0 Å². The number of rotatable bonds is 5. The fraction of sp³-hybridized carbons (Fsp3) is 0.619. The average Bonchev–Trinajstić information content (AvgIpc) is 2.96. The molecular weight excluding hydrogens is 342 g/mol. The highest BCUT2D eigenvalue weighted by Gasteiger charge is 2.29. The van der Waals surface area contributed by atoms with Gasteiger partial charge in [0.2, 0.25) is 5.91 Å². The second kappa shape index (κ2) is 8.94.